The van der Waals surface area contributed by atoms with E-state index >= 15 is 0 Å². The predicted molar refractivity (Wildman–Crippen MR) is 81.3 cm³/mol. The van der Waals surface area contributed by atoms with Crippen LogP contribution in [-0.2, 0) is 0 Å². The number of ether oxygens (including phenoxy) is 1. The van der Waals surface area contributed by atoms with Gasteiger partial charge in [-0.15, -0.1) is 0 Å². The molecule has 0 N–H and O–H groups in total. The van der Waals surface area contributed by atoms with Crippen molar-refractivity contribution in [3.63, 3.8) is 0 Å². The van der Waals surface area contributed by atoms with Gasteiger partial charge in [-0.1, -0.05) is 41.4 Å². The Bertz CT molecular complexity index is 787. The van der Waals surface area contributed by atoms with Gasteiger partial charge in [0.05, 0.1) is 24.3 Å². The Morgan fingerprint density at radius 1 is 1.15 bits per heavy atom. The van der Waals surface area contributed by atoms with Gasteiger partial charge in [-0.25, -0.2) is 9.97 Å². The van der Waals surface area contributed by atoms with E-state index in [0.29, 0.717) is 10.9 Å². The highest BCUT2D eigenvalue weighted by molar-refractivity contribution is 6.31. The number of benzene rings is 2. The predicted octanol–water partition coefficient (Wildman–Crippen LogP) is 4.27. The minimum Gasteiger partial charge on any atom is -0.480 e. The summed E-state index contributed by atoms with van der Waals surface area (Å²) < 4.78 is 5.11. The number of rotatable bonds is 2. The van der Waals surface area contributed by atoms with Crippen LogP contribution >= 0.6 is 11.6 Å². The maximum atomic E-state index is 6.20. The number of fused-ring (bicyclic) bond motifs is 1. The molecule has 3 nitrogen and oxygen atoms in total. The molecule has 0 saturated heterocycles. The fourth-order valence-corrected chi connectivity index (χ4v) is 2.42. The monoisotopic (exact) mass is 284 g/mol. The molecule has 0 bridgehead atoms. The second-order valence-corrected chi connectivity index (χ2v) is 5.04. The molecule has 2 aromatic carbocycles. The molecule has 1 heterocycles. The van der Waals surface area contributed by atoms with E-state index in [1.807, 2.05) is 18.2 Å². The summed E-state index contributed by atoms with van der Waals surface area (Å²) in [6.07, 6.45) is 1.62. The standard InChI is InChI=1S/C16H13ClN2O/c1-10-4-3-5-11(6-10)13-7-12(17)8-14-16(13)18-9-15(19-14)20-2/h3-9H,1-2H3. The minimum absolute atomic E-state index is 0.481. The van der Waals surface area contributed by atoms with Gasteiger partial charge < -0.3 is 4.74 Å². The van der Waals surface area contributed by atoms with E-state index in [1.54, 1.807) is 19.4 Å². The van der Waals surface area contributed by atoms with Crippen LogP contribution in [0.1, 0.15) is 5.56 Å². The number of aryl methyl sites for hydroxylation is 1. The largest absolute Gasteiger partial charge is 0.480 e. The summed E-state index contributed by atoms with van der Waals surface area (Å²) in [4.78, 5) is 8.85. The van der Waals surface area contributed by atoms with Crippen LogP contribution in [0.3, 0.4) is 0 Å². The van der Waals surface area contributed by atoms with Gasteiger partial charge >= 0.3 is 0 Å². The highest BCUT2D eigenvalue weighted by atomic mass is 35.5. The first kappa shape index (κ1) is 12.9. The molecular weight excluding hydrogens is 272 g/mol. The second kappa shape index (κ2) is 5.10. The van der Waals surface area contributed by atoms with Gasteiger partial charge in [0.1, 0.15) is 0 Å². The fraction of sp³-hybridized carbons (Fsp3) is 0.125. The first-order chi connectivity index (χ1) is 9.67. The van der Waals surface area contributed by atoms with Crippen LogP contribution in [-0.4, -0.2) is 17.1 Å². The van der Waals surface area contributed by atoms with Gasteiger partial charge in [0.2, 0.25) is 5.88 Å². The number of halogens is 1. The lowest BCUT2D eigenvalue weighted by Gasteiger charge is -2.08. The summed E-state index contributed by atoms with van der Waals surface area (Å²) >= 11 is 6.20. The molecule has 0 aliphatic rings. The zero-order valence-corrected chi connectivity index (χ0v) is 12.0. The highest BCUT2D eigenvalue weighted by Gasteiger charge is 2.09. The van der Waals surface area contributed by atoms with Crippen molar-refractivity contribution in [2.45, 2.75) is 6.92 Å². The van der Waals surface area contributed by atoms with E-state index in [2.05, 4.69) is 29.0 Å². The van der Waals surface area contributed by atoms with Crippen LogP contribution in [0.2, 0.25) is 5.02 Å². The average molecular weight is 285 g/mol. The number of hydrogen-bond acceptors (Lipinski definition) is 3. The summed E-state index contributed by atoms with van der Waals surface area (Å²) in [6, 6.07) is 12.0. The summed E-state index contributed by atoms with van der Waals surface area (Å²) in [5.74, 6) is 0.481. The van der Waals surface area contributed by atoms with Crippen molar-refractivity contribution in [1.29, 1.82) is 0 Å². The molecule has 0 saturated carbocycles. The van der Waals surface area contributed by atoms with E-state index in [0.717, 1.165) is 22.2 Å². The molecule has 1 aromatic heterocycles. The van der Waals surface area contributed by atoms with Crippen LogP contribution < -0.4 is 4.74 Å². The van der Waals surface area contributed by atoms with Gasteiger partial charge in [-0.05, 0) is 24.6 Å². The zero-order chi connectivity index (χ0) is 14.1. The Labute approximate surface area is 122 Å². The molecule has 3 rings (SSSR count). The zero-order valence-electron chi connectivity index (χ0n) is 11.2. The number of methoxy groups -OCH3 is 1. The van der Waals surface area contributed by atoms with E-state index in [-0.39, 0.29) is 0 Å². The van der Waals surface area contributed by atoms with Crippen LogP contribution in [0.15, 0.2) is 42.6 Å². The third-order valence-electron chi connectivity index (χ3n) is 3.13. The third-order valence-corrected chi connectivity index (χ3v) is 3.35. The molecule has 0 unspecified atom stereocenters. The first-order valence-electron chi connectivity index (χ1n) is 6.25. The smallest absolute Gasteiger partial charge is 0.232 e. The number of nitrogens with zero attached hydrogens (tertiary/aromatic N) is 2. The van der Waals surface area contributed by atoms with E-state index in [4.69, 9.17) is 16.3 Å². The normalized spacial score (nSPS) is 10.8. The van der Waals surface area contributed by atoms with Crippen molar-refractivity contribution in [2.75, 3.05) is 7.11 Å². The van der Waals surface area contributed by atoms with Crippen molar-refractivity contribution in [2.24, 2.45) is 0 Å². The Morgan fingerprint density at radius 2 is 2.00 bits per heavy atom. The van der Waals surface area contributed by atoms with Crippen molar-refractivity contribution in [1.82, 2.24) is 9.97 Å². The lowest BCUT2D eigenvalue weighted by Crippen LogP contribution is -1.93. The summed E-state index contributed by atoms with van der Waals surface area (Å²) in [6.45, 7) is 2.06. The molecule has 0 spiro atoms. The Kier molecular flexibility index (Phi) is 3.28. The van der Waals surface area contributed by atoms with Crippen LogP contribution in [0.4, 0.5) is 0 Å². The molecule has 0 fully saturated rings. The SMILES string of the molecule is COc1cnc2c(-c3cccc(C)c3)cc(Cl)cc2n1. The Hall–Kier alpha value is -2.13. The Balaban J connectivity index is 2.29. The first-order valence-corrected chi connectivity index (χ1v) is 6.62. The molecule has 0 aliphatic heterocycles. The van der Waals surface area contributed by atoms with Crippen molar-refractivity contribution in [3.8, 4) is 17.0 Å². The maximum Gasteiger partial charge on any atom is 0.232 e. The third kappa shape index (κ3) is 2.32. The molecule has 0 atom stereocenters. The molecule has 20 heavy (non-hydrogen) atoms. The van der Waals surface area contributed by atoms with Crippen LogP contribution in [0, 0.1) is 6.92 Å². The summed E-state index contributed by atoms with van der Waals surface area (Å²) in [7, 11) is 1.57. The minimum atomic E-state index is 0.481. The lowest BCUT2D eigenvalue weighted by molar-refractivity contribution is 0.397. The molecule has 0 amide bonds. The van der Waals surface area contributed by atoms with Gasteiger partial charge in [0.25, 0.3) is 0 Å². The molecule has 0 radical (unpaired) electrons. The number of hydrogen-bond donors (Lipinski definition) is 0. The van der Waals surface area contributed by atoms with Crippen molar-refractivity contribution in [3.05, 3.63) is 53.2 Å². The molecule has 100 valence electrons. The van der Waals surface area contributed by atoms with Crippen LogP contribution in [0.25, 0.3) is 22.2 Å². The van der Waals surface area contributed by atoms with Gasteiger partial charge in [0.15, 0.2) is 0 Å². The van der Waals surface area contributed by atoms with Crippen molar-refractivity contribution >= 4 is 22.6 Å². The van der Waals surface area contributed by atoms with E-state index < -0.39 is 0 Å². The highest BCUT2D eigenvalue weighted by Crippen LogP contribution is 2.31. The van der Waals surface area contributed by atoms with E-state index in [9.17, 15) is 0 Å². The van der Waals surface area contributed by atoms with Crippen molar-refractivity contribution < 1.29 is 4.74 Å². The molecule has 4 heteroatoms. The maximum absolute atomic E-state index is 6.20. The quantitative estimate of drug-likeness (QED) is 0.705. The van der Waals surface area contributed by atoms with Gasteiger partial charge in [0, 0.05) is 10.6 Å². The topological polar surface area (TPSA) is 35.0 Å². The average Bonchev–Trinajstić information content (AvgIpc) is 2.45. The van der Waals surface area contributed by atoms with Gasteiger partial charge in [-0.3, -0.25) is 0 Å². The van der Waals surface area contributed by atoms with E-state index in [1.165, 1.54) is 5.56 Å². The lowest BCUT2D eigenvalue weighted by atomic mass is 10.0. The molecule has 3 aromatic rings. The summed E-state index contributed by atoms with van der Waals surface area (Å²) in [5, 5.41) is 0.636. The number of aromatic nitrogens is 2. The molecular formula is C16H13ClN2O. The second-order valence-electron chi connectivity index (χ2n) is 4.60. The fourth-order valence-electron chi connectivity index (χ4n) is 2.20. The summed E-state index contributed by atoms with van der Waals surface area (Å²) in [5.41, 5.74) is 4.80. The molecule has 0 aliphatic carbocycles. The van der Waals surface area contributed by atoms with Crippen LogP contribution in [0.5, 0.6) is 5.88 Å². The Morgan fingerprint density at radius 3 is 2.75 bits per heavy atom. The van der Waals surface area contributed by atoms with Gasteiger partial charge in [-0.2, -0.15) is 0 Å².